The van der Waals surface area contributed by atoms with Crippen molar-refractivity contribution in [2.24, 2.45) is 5.73 Å². The average Bonchev–Trinajstić information content (AvgIpc) is 2.88. The maximum atomic E-state index is 13.4. The van der Waals surface area contributed by atoms with Gasteiger partial charge in [-0.3, -0.25) is 0 Å². The second-order valence-corrected chi connectivity index (χ2v) is 5.82. The molecule has 1 heterocycles. The maximum absolute atomic E-state index is 13.4. The molecule has 1 atom stereocenters. The Morgan fingerprint density at radius 2 is 1.95 bits per heavy atom. The van der Waals surface area contributed by atoms with E-state index >= 15 is 0 Å². The van der Waals surface area contributed by atoms with E-state index in [0.29, 0.717) is 0 Å². The predicted octanol–water partition coefficient (Wildman–Crippen LogP) is 3.59. The van der Waals surface area contributed by atoms with Crippen LogP contribution in [0.15, 0.2) is 42.5 Å². The van der Waals surface area contributed by atoms with Crippen LogP contribution in [0.3, 0.4) is 0 Å². The summed E-state index contributed by atoms with van der Waals surface area (Å²) < 4.78 is 13.4. The van der Waals surface area contributed by atoms with E-state index in [1.54, 1.807) is 12.1 Å². The first kappa shape index (κ1) is 14.1. The summed E-state index contributed by atoms with van der Waals surface area (Å²) in [5.41, 5.74) is 11.0. The van der Waals surface area contributed by atoms with Gasteiger partial charge in [-0.2, -0.15) is 0 Å². The molecule has 0 amide bonds. The standard InChI is InChI=1S/C18H21FN2/c1-13-2-4-14(5-3-13)17(20)9-11-21-10-8-15-6-7-16(19)12-18(15)21/h2-7,12,17H,8-11,20H2,1H3. The van der Waals surface area contributed by atoms with E-state index in [4.69, 9.17) is 5.73 Å². The van der Waals surface area contributed by atoms with Gasteiger partial charge in [-0.25, -0.2) is 4.39 Å². The molecule has 0 radical (unpaired) electrons. The minimum Gasteiger partial charge on any atom is -0.371 e. The highest BCUT2D eigenvalue weighted by atomic mass is 19.1. The van der Waals surface area contributed by atoms with Crippen molar-refractivity contribution in [3.63, 3.8) is 0 Å². The molecule has 21 heavy (non-hydrogen) atoms. The third-order valence-corrected chi connectivity index (χ3v) is 4.25. The predicted molar refractivity (Wildman–Crippen MR) is 85.0 cm³/mol. The Morgan fingerprint density at radius 1 is 1.19 bits per heavy atom. The van der Waals surface area contributed by atoms with Gasteiger partial charge in [-0.05, 0) is 43.0 Å². The third-order valence-electron chi connectivity index (χ3n) is 4.25. The van der Waals surface area contributed by atoms with Crippen molar-refractivity contribution in [3.8, 4) is 0 Å². The van der Waals surface area contributed by atoms with E-state index in [1.807, 2.05) is 6.07 Å². The summed E-state index contributed by atoms with van der Waals surface area (Å²) in [6, 6.07) is 13.5. The second kappa shape index (κ2) is 5.86. The van der Waals surface area contributed by atoms with Gasteiger partial charge < -0.3 is 10.6 Å². The molecular weight excluding hydrogens is 263 g/mol. The van der Waals surface area contributed by atoms with Crippen molar-refractivity contribution in [1.82, 2.24) is 0 Å². The van der Waals surface area contributed by atoms with Gasteiger partial charge in [0.1, 0.15) is 5.82 Å². The molecule has 0 spiro atoms. The largest absolute Gasteiger partial charge is 0.371 e. The van der Waals surface area contributed by atoms with Crippen LogP contribution in [-0.2, 0) is 6.42 Å². The van der Waals surface area contributed by atoms with Crippen LogP contribution in [0.4, 0.5) is 10.1 Å². The van der Waals surface area contributed by atoms with Gasteiger partial charge in [0.2, 0.25) is 0 Å². The molecule has 0 bridgehead atoms. The Labute approximate surface area is 125 Å². The fraction of sp³-hybridized carbons (Fsp3) is 0.333. The summed E-state index contributed by atoms with van der Waals surface area (Å²) in [6.45, 7) is 3.90. The van der Waals surface area contributed by atoms with Crippen LogP contribution in [0, 0.1) is 12.7 Å². The van der Waals surface area contributed by atoms with Crippen LogP contribution in [0.1, 0.15) is 29.2 Å². The van der Waals surface area contributed by atoms with Gasteiger partial charge in [0.15, 0.2) is 0 Å². The zero-order valence-corrected chi connectivity index (χ0v) is 12.3. The van der Waals surface area contributed by atoms with Crippen LogP contribution in [0.5, 0.6) is 0 Å². The van der Waals surface area contributed by atoms with Gasteiger partial charge in [0, 0.05) is 24.8 Å². The lowest BCUT2D eigenvalue weighted by Crippen LogP contribution is -2.25. The molecule has 0 aliphatic carbocycles. The van der Waals surface area contributed by atoms with Gasteiger partial charge in [-0.1, -0.05) is 35.9 Å². The Hall–Kier alpha value is -1.87. The maximum Gasteiger partial charge on any atom is 0.125 e. The van der Waals surface area contributed by atoms with Crippen LogP contribution in [-0.4, -0.2) is 13.1 Å². The summed E-state index contributed by atoms with van der Waals surface area (Å²) in [5.74, 6) is -0.163. The fourth-order valence-electron chi connectivity index (χ4n) is 2.93. The van der Waals surface area contributed by atoms with E-state index in [1.165, 1.54) is 16.7 Å². The molecule has 1 unspecified atom stereocenters. The van der Waals surface area contributed by atoms with Crippen molar-refractivity contribution in [1.29, 1.82) is 0 Å². The molecule has 110 valence electrons. The number of rotatable bonds is 4. The Kier molecular flexibility index (Phi) is 3.93. The highest BCUT2D eigenvalue weighted by Gasteiger charge is 2.20. The molecule has 0 saturated carbocycles. The third kappa shape index (κ3) is 3.08. The molecule has 0 aromatic heterocycles. The summed E-state index contributed by atoms with van der Waals surface area (Å²) in [4.78, 5) is 2.24. The van der Waals surface area contributed by atoms with E-state index in [0.717, 1.165) is 31.6 Å². The van der Waals surface area contributed by atoms with Crippen molar-refractivity contribution in [2.75, 3.05) is 18.0 Å². The molecule has 2 N–H and O–H groups in total. The highest BCUT2D eigenvalue weighted by Crippen LogP contribution is 2.29. The average molecular weight is 284 g/mol. The number of anilines is 1. The number of nitrogens with zero attached hydrogens (tertiary/aromatic N) is 1. The minimum atomic E-state index is -0.163. The lowest BCUT2D eigenvalue weighted by Gasteiger charge is -2.22. The van der Waals surface area contributed by atoms with Crippen LogP contribution in [0.25, 0.3) is 0 Å². The van der Waals surface area contributed by atoms with Crippen molar-refractivity contribution in [3.05, 3.63) is 65.0 Å². The number of nitrogens with two attached hydrogens (primary N) is 1. The van der Waals surface area contributed by atoms with Gasteiger partial charge in [0.05, 0.1) is 0 Å². The monoisotopic (exact) mass is 284 g/mol. The number of halogens is 1. The van der Waals surface area contributed by atoms with Crippen LogP contribution in [0.2, 0.25) is 0 Å². The molecule has 0 fully saturated rings. The van der Waals surface area contributed by atoms with Crippen molar-refractivity contribution < 1.29 is 4.39 Å². The molecule has 1 aliphatic rings. The fourth-order valence-corrected chi connectivity index (χ4v) is 2.93. The summed E-state index contributed by atoms with van der Waals surface area (Å²) in [6.07, 6.45) is 1.87. The lowest BCUT2D eigenvalue weighted by molar-refractivity contribution is 0.622. The summed E-state index contributed by atoms with van der Waals surface area (Å²) in [7, 11) is 0. The number of hydrogen-bond donors (Lipinski definition) is 1. The minimum absolute atomic E-state index is 0.0307. The van der Waals surface area contributed by atoms with Crippen molar-refractivity contribution in [2.45, 2.75) is 25.8 Å². The van der Waals surface area contributed by atoms with Crippen LogP contribution < -0.4 is 10.6 Å². The Bertz CT molecular complexity index is 622. The number of benzene rings is 2. The Balaban J connectivity index is 1.64. The molecule has 1 aliphatic heterocycles. The molecule has 2 aromatic rings. The normalized spacial score (nSPS) is 15.1. The van der Waals surface area contributed by atoms with E-state index in [-0.39, 0.29) is 11.9 Å². The zero-order valence-electron chi connectivity index (χ0n) is 12.3. The number of fused-ring (bicyclic) bond motifs is 1. The van der Waals surface area contributed by atoms with Crippen molar-refractivity contribution >= 4 is 5.69 Å². The first-order chi connectivity index (χ1) is 10.1. The SMILES string of the molecule is Cc1ccc(C(N)CCN2CCc3ccc(F)cc32)cc1. The molecular formula is C18H21FN2. The van der Waals surface area contributed by atoms with E-state index in [9.17, 15) is 4.39 Å². The second-order valence-electron chi connectivity index (χ2n) is 5.82. The van der Waals surface area contributed by atoms with Gasteiger partial charge in [-0.15, -0.1) is 0 Å². The highest BCUT2D eigenvalue weighted by molar-refractivity contribution is 5.58. The summed E-state index contributed by atoms with van der Waals surface area (Å²) in [5, 5.41) is 0. The first-order valence-corrected chi connectivity index (χ1v) is 7.49. The van der Waals surface area contributed by atoms with Gasteiger partial charge in [0.25, 0.3) is 0 Å². The molecule has 2 aromatic carbocycles. The van der Waals surface area contributed by atoms with E-state index in [2.05, 4.69) is 36.1 Å². The smallest absolute Gasteiger partial charge is 0.125 e. The number of hydrogen-bond acceptors (Lipinski definition) is 2. The molecule has 0 saturated heterocycles. The zero-order chi connectivity index (χ0) is 14.8. The molecule has 3 rings (SSSR count). The van der Waals surface area contributed by atoms with Gasteiger partial charge >= 0.3 is 0 Å². The number of aryl methyl sites for hydroxylation is 1. The summed E-state index contributed by atoms with van der Waals surface area (Å²) >= 11 is 0. The first-order valence-electron chi connectivity index (χ1n) is 7.49. The molecule has 2 nitrogen and oxygen atoms in total. The molecule has 3 heteroatoms. The van der Waals surface area contributed by atoms with Crippen LogP contribution >= 0.6 is 0 Å². The lowest BCUT2D eigenvalue weighted by atomic mass is 10.0. The topological polar surface area (TPSA) is 29.3 Å². The Morgan fingerprint density at radius 3 is 2.71 bits per heavy atom. The van der Waals surface area contributed by atoms with E-state index < -0.39 is 0 Å². The quantitative estimate of drug-likeness (QED) is 0.929.